The molecule has 0 bridgehead atoms. The number of carbonyl (C=O) groups is 2. The molecule has 1 saturated heterocycles. The van der Waals surface area contributed by atoms with Gasteiger partial charge in [-0.2, -0.15) is 0 Å². The number of carbonyl (C=O) groups excluding carboxylic acids is 2. The highest BCUT2D eigenvalue weighted by atomic mass is 16.2. The second-order valence-electron chi connectivity index (χ2n) is 6.72. The molecule has 4 nitrogen and oxygen atoms in total. The van der Waals surface area contributed by atoms with Gasteiger partial charge in [-0.3, -0.25) is 9.59 Å². The van der Waals surface area contributed by atoms with Crippen LogP contribution < -0.4 is 5.32 Å². The molecule has 1 aromatic carbocycles. The first-order chi connectivity index (χ1) is 9.97. The van der Waals surface area contributed by atoms with Crippen LogP contribution in [-0.2, 0) is 16.0 Å². The summed E-state index contributed by atoms with van der Waals surface area (Å²) in [5.74, 6) is 0.577. The molecule has 112 valence electrons. The molecule has 0 radical (unpaired) electrons. The molecule has 1 N–H and O–H groups in total. The standard InChI is InChI=1S/C17H22N2O2/c1-17(2)16(21)19(11-13-8-9-13)14(15(20)18-17)10-12-6-4-3-5-7-12/h3-7,13-14H,8-11H2,1-2H3,(H,18,20). The molecule has 1 aliphatic carbocycles. The van der Waals surface area contributed by atoms with Gasteiger partial charge in [0, 0.05) is 13.0 Å². The lowest BCUT2D eigenvalue weighted by Crippen LogP contribution is -2.68. The average Bonchev–Trinajstić information content (AvgIpc) is 3.25. The van der Waals surface area contributed by atoms with Crippen LogP contribution in [0.4, 0.5) is 0 Å². The van der Waals surface area contributed by atoms with Gasteiger partial charge in [0.05, 0.1) is 0 Å². The number of amides is 2. The van der Waals surface area contributed by atoms with Crippen LogP contribution in [0.25, 0.3) is 0 Å². The molecule has 2 amide bonds. The summed E-state index contributed by atoms with van der Waals surface area (Å²) in [6, 6.07) is 9.52. The van der Waals surface area contributed by atoms with E-state index in [9.17, 15) is 9.59 Å². The fourth-order valence-corrected chi connectivity index (χ4v) is 2.92. The molecule has 1 atom stereocenters. The number of rotatable bonds is 4. The van der Waals surface area contributed by atoms with Gasteiger partial charge in [0.1, 0.15) is 11.6 Å². The predicted molar refractivity (Wildman–Crippen MR) is 80.6 cm³/mol. The van der Waals surface area contributed by atoms with Crippen LogP contribution in [0, 0.1) is 5.92 Å². The lowest BCUT2D eigenvalue weighted by atomic mass is 9.93. The first-order valence-corrected chi connectivity index (χ1v) is 7.64. The second kappa shape index (κ2) is 5.17. The van der Waals surface area contributed by atoms with Crippen LogP contribution in [0.15, 0.2) is 30.3 Å². The molecule has 21 heavy (non-hydrogen) atoms. The van der Waals surface area contributed by atoms with Crippen molar-refractivity contribution in [1.29, 1.82) is 0 Å². The largest absolute Gasteiger partial charge is 0.340 e. The Hall–Kier alpha value is -1.84. The third-order valence-electron chi connectivity index (χ3n) is 4.33. The molecule has 3 rings (SSSR count). The van der Waals surface area contributed by atoms with Crippen molar-refractivity contribution in [3.63, 3.8) is 0 Å². The zero-order chi connectivity index (χ0) is 15.0. The molecule has 1 aliphatic heterocycles. The summed E-state index contributed by atoms with van der Waals surface area (Å²) in [7, 11) is 0. The van der Waals surface area contributed by atoms with E-state index in [0.717, 1.165) is 5.56 Å². The number of piperazine rings is 1. The Morgan fingerprint density at radius 2 is 1.86 bits per heavy atom. The van der Waals surface area contributed by atoms with E-state index < -0.39 is 5.54 Å². The molecular weight excluding hydrogens is 264 g/mol. The van der Waals surface area contributed by atoms with Crippen molar-refractivity contribution in [2.45, 2.75) is 44.7 Å². The Kier molecular flexibility index (Phi) is 3.47. The number of benzene rings is 1. The van der Waals surface area contributed by atoms with Gasteiger partial charge in [0.25, 0.3) is 0 Å². The second-order valence-corrected chi connectivity index (χ2v) is 6.72. The minimum absolute atomic E-state index is 0.0370. The molecule has 1 aromatic rings. The Labute approximate surface area is 125 Å². The topological polar surface area (TPSA) is 49.4 Å². The smallest absolute Gasteiger partial charge is 0.248 e. The Bertz CT molecular complexity index is 549. The zero-order valence-electron chi connectivity index (χ0n) is 12.6. The normalized spacial score (nSPS) is 24.9. The molecule has 1 unspecified atom stereocenters. The lowest BCUT2D eigenvalue weighted by Gasteiger charge is -2.43. The van der Waals surface area contributed by atoms with Crippen molar-refractivity contribution >= 4 is 11.8 Å². The van der Waals surface area contributed by atoms with Gasteiger partial charge in [0.2, 0.25) is 11.8 Å². The zero-order valence-corrected chi connectivity index (χ0v) is 12.6. The molecule has 0 aromatic heterocycles. The van der Waals surface area contributed by atoms with E-state index in [1.54, 1.807) is 13.8 Å². The van der Waals surface area contributed by atoms with Crippen molar-refractivity contribution in [1.82, 2.24) is 10.2 Å². The summed E-state index contributed by atoms with van der Waals surface area (Å²) < 4.78 is 0. The van der Waals surface area contributed by atoms with Gasteiger partial charge < -0.3 is 10.2 Å². The minimum atomic E-state index is -0.792. The van der Waals surface area contributed by atoms with Crippen molar-refractivity contribution in [2.24, 2.45) is 5.92 Å². The fourth-order valence-electron chi connectivity index (χ4n) is 2.92. The maximum atomic E-state index is 12.7. The highest BCUT2D eigenvalue weighted by molar-refractivity contribution is 5.99. The van der Waals surface area contributed by atoms with Crippen LogP contribution in [0.5, 0.6) is 0 Å². The fraction of sp³-hybridized carbons (Fsp3) is 0.529. The van der Waals surface area contributed by atoms with Gasteiger partial charge >= 0.3 is 0 Å². The Balaban J connectivity index is 1.84. The summed E-state index contributed by atoms with van der Waals surface area (Å²) >= 11 is 0. The lowest BCUT2D eigenvalue weighted by molar-refractivity contribution is -0.153. The predicted octanol–water partition coefficient (Wildman–Crippen LogP) is 1.74. The molecular formula is C17H22N2O2. The van der Waals surface area contributed by atoms with E-state index in [1.165, 1.54) is 12.8 Å². The van der Waals surface area contributed by atoms with Crippen LogP contribution in [-0.4, -0.2) is 34.8 Å². The highest BCUT2D eigenvalue weighted by Gasteiger charge is 2.46. The van der Waals surface area contributed by atoms with Gasteiger partial charge in [-0.1, -0.05) is 30.3 Å². The maximum absolute atomic E-state index is 12.7. The van der Waals surface area contributed by atoms with E-state index in [1.807, 2.05) is 35.2 Å². The van der Waals surface area contributed by atoms with E-state index in [2.05, 4.69) is 5.32 Å². The number of nitrogens with zero attached hydrogens (tertiary/aromatic N) is 1. The van der Waals surface area contributed by atoms with E-state index in [-0.39, 0.29) is 17.9 Å². The summed E-state index contributed by atoms with van der Waals surface area (Å²) in [6.45, 7) is 4.28. The molecule has 4 heteroatoms. The SMILES string of the molecule is CC1(C)NC(=O)C(Cc2ccccc2)N(CC2CC2)C1=O. The average molecular weight is 286 g/mol. The van der Waals surface area contributed by atoms with Crippen LogP contribution in [0.1, 0.15) is 32.3 Å². The molecule has 2 fully saturated rings. The third kappa shape index (κ3) is 2.94. The third-order valence-corrected chi connectivity index (χ3v) is 4.33. The van der Waals surface area contributed by atoms with E-state index in [4.69, 9.17) is 0 Å². The Morgan fingerprint density at radius 1 is 1.19 bits per heavy atom. The first-order valence-electron chi connectivity index (χ1n) is 7.64. The van der Waals surface area contributed by atoms with Gasteiger partial charge in [-0.05, 0) is 38.2 Å². The molecule has 2 aliphatic rings. The monoisotopic (exact) mass is 286 g/mol. The van der Waals surface area contributed by atoms with Crippen molar-refractivity contribution in [2.75, 3.05) is 6.54 Å². The molecule has 0 spiro atoms. The van der Waals surface area contributed by atoms with Crippen LogP contribution in [0.3, 0.4) is 0 Å². The first kappa shape index (κ1) is 14.1. The Morgan fingerprint density at radius 3 is 2.48 bits per heavy atom. The van der Waals surface area contributed by atoms with Crippen molar-refractivity contribution in [3.8, 4) is 0 Å². The van der Waals surface area contributed by atoms with Crippen LogP contribution >= 0.6 is 0 Å². The summed E-state index contributed by atoms with van der Waals surface area (Å²) in [6.07, 6.45) is 2.93. The van der Waals surface area contributed by atoms with Crippen LogP contribution in [0.2, 0.25) is 0 Å². The van der Waals surface area contributed by atoms with E-state index in [0.29, 0.717) is 18.9 Å². The molecule has 1 saturated carbocycles. The number of hydrogen-bond acceptors (Lipinski definition) is 2. The molecule has 1 heterocycles. The van der Waals surface area contributed by atoms with Gasteiger partial charge in [-0.25, -0.2) is 0 Å². The highest BCUT2D eigenvalue weighted by Crippen LogP contribution is 2.32. The van der Waals surface area contributed by atoms with E-state index >= 15 is 0 Å². The van der Waals surface area contributed by atoms with Crippen molar-refractivity contribution in [3.05, 3.63) is 35.9 Å². The van der Waals surface area contributed by atoms with Gasteiger partial charge in [-0.15, -0.1) is 0 Å². The quantitative estimate of drug-likeness (QED) is 0.916. The van der Waals surface area contributed by atoms with Gasteiger partial charge in [0.15, 0.2) is 0 Å². The summed E-state index contributed by atoms with van der Waals surface area (Å²) in [5.41, 5.74) is 0.296. The summed E-state index contributed by atoms with van der Waals surface area (Å²) in [4.78, 5) is 26.9. The minimum Gasteiger partial charge on any atom is -0.340 e. The number of hydrogen-bond donors (Lipinski definition) is 1. The number of nitrogens with one attached hydrogen (secondary N) is 1. The maximum Gasteiger partial charge on any atom is 0.248 e. The van der Waals surface area contributed by atoms with Crippen molar-refractivity contribution < 1.29 is 9.59 Å². The summed E-state index contributed by atoms with van der Waals surface area (Å²) in [5, 5.41) is 2.87.